The van der Waals surface area contributed by atoms with Crippen LogP contribution in [-0.2, 0) is 4.79 Å². The van der Waals surface area contributed by atoms with Crippen molar-refractivity contribution in [2.75, 3.05) is 6.54 Å². The molecule has 4 atom stereocenters. The van der Waals surface area contributed by atoms with Crippen molar-refractivity contribution in [1.82, 2.24) is 0 Å². The fourth-order valence-electron chi connectivity index (χ4n) is 3.48. The molecule has 2 aliphatic carbocycles. The zero-order chi connectivity index (χ0) is 13.7. The number of carboxylic acids is 1. The molecule has 2 aliphatic rings. The van der Waals surface area contributed by atoms with Crippen LogP contribution in [0.2, 0.25) is 0 Å². The van der Waals surface area contributed by atoms with E-state index >= 15 is 0 Å². The van der Waals surface area contributed by atoms with E-state index in [0.29, 0.717) is 36.6 Å². The smallest absolute Gasteiger partial charge is 0.303 e. The van der Waals surface area contributed by atoms with Gasteiger partial charge in [0.15, 0.2) is 0 Å². The Labute approximate surface area is 113 Å². The van der Waals surface area contributed by atoms with Crippen molar-refractivity contribution in [3.8, 4) is 0 Å². The highest BCUT2D eigenvalue weighted by molar-refractivity contribution is 5.66. The third-order valence-electron chi connectivity index (χ3n) is 4.42. The van der Waals surface area contributed by atoms with Gasteiger partial charge >= 0.3 is 5.97 Å². The van der Waals surface area contributed by atoms with E-state index in [1.807, 2.05) is 0 Å². The summed E-state index contributed by atoms with van der Waals surface area (Å²) >= 11 is 0. The van der Waals surface area contributed by atoms with Crippen LogP contribution < -0.4 is 0 Å². The quantitative estimate of drug-likeness (QED) is 0.414. The van der Waals surface area contributed by atoms with Crippen LogP contribution in [0, 0.1) is 28.6 Å². The summed E-state index contributed by atoms with van der Waals surface area (Å²) in [7, 11) is 0. The molecule has 0 saturated heterocycles. The molecule has 1 saturated carbocycles. The molecule has 0 aromatic rings. The van der Waals surface area contributed by atoms with E-state index in [0.717, 1.165) is 12.8 Å². The van der Waals surface area contributed by atoms with Crippen molar-refractivity contribution in [2.45, 2.75) is 32.1 Å². The molecule has 0 heterocycles. The minimum atomic E-state index is -0.733. The number of hydrogen-bond donors (Lipinski definition) is 1. The Morgan fingerprint density at radius 2 is 2.00 bits per heavy atom. The first-order valence-corrected chi connectivity index (χ1v) is 7.06. The van der Waals surface area contributed by atoms with Crippen LogP contribution in [0.15, 0.2) is 29.5 Å². The number of fused-ring (bicyclic) bond motifs is 2. The second kappa shape index (κ2) is 6.64. The van der Waals surface area contributed by atoms with Gasteiger partial charge in [0, 0.05) is 6.42 Å². The van der Waals surface area contributed by atoms with Gasteiger partial charge in [0.25, 0.3) is 0 Å². The molecule has 2 bridgehead atoms. The Morgan fingerprint density at radius 1 is 1.26 bits per heavy atom. The van der Waals surface area contributed by atoms with Crippen LogP contribution in [0.3, 0.4) is 0 Å². The van der Waals surface area contributed by atoms with Gasteiger partial charge in [-0.05, 0) is 49.4 Å². The number of allylic oxidation sites excluding steroid dienone is 4. The van der Waals surface area contributed by atoms with E-state index in [9.17, 15) is 9.70 Å². The summed E-state index contributed by atoms with van der Waals surface area (Å²) in [6.07, 6.45) is 12.7. The number of unbranched alkanes of at least 4 members (excludes halogenated alkanes) is 1. The molecule has 0 spiro atoms. The molecular weight excluding hydrogens is 242 g/mol. The fraction of sp³-hybridized carbons (Fsp3) is 0.667. The van der Waals surface area contributed by atoms with Gasteiger partial charge < -0.3 is 5.11 Å². The van der Waals surface area contributed by atoms with Gasteiger partial charge in [-0.15, -0.1) is 0 Å². The number of rotatable bonds is 8. The van der Waals surface area contributed by atoms with Crippen molar-refractivity contribution in [2.24, 2.45) is 28.8 Å². The Balaban J connectivity index is 1.75. The minimum Gasteiger partial charge on any atom is -0.481 e. The number of hydrogen-bond acceptors (Lipinski definition) is 3. The third kappa shape index (κ3) is 3.52. The van der Waals surface area contributed by atoms with Crippen LogP contribution in [0.5, 0.6) is 0 Å². The van der Waals surface area contributed by atoms with Crippen molar-refractivity contribution in [3.63, 3.8) is 0 Å². The lowest BCUT2D eigenvalue weighted by Gasteiger charge is -2.24. The molecule has 0 amide bonds. The molecule has 1 N–H and O–H groups in total. The second-order valence-electron chi connectivity index (χ2n) is 5.58. The number of nitroso groups, excluding NO2 is 1. The number of aliphatic carboxylic acids is 1. The van der Waals surface area contributed by atoms with Crippen LogP contribution in [0.25, 0.3) is 0 Å². The van der Waals surface area contributed by atoms with Gasteiger partial charge in [0.1, 0.15) is 0 Å². The van der Waals surface area contributed by atoms with Gasteiger partial charge in [0.05, 0.1) is 6.54 Å². The first-order valence-electron chi connectivity index (χ1n) is 7.06. The molecule has 4 nitrogen and oxygen atoms in total. The highest BCUT2D eigenvalue weighted by Gasteiger charge is 2.43. The molecular formula is C15H21NO3. The van der Waals surface area contributed by atoms with Crippen molar-refractivity contribution < 1.29 is 9.90 Å². The van der Waals surface area contributed by atoms with E-state index in [-0.39, 0.29) is 6.42 Å². The zero-order valence-corrected chi connectivity index (χ0v) is 11.1. The van der Waals surface area contributed by atoms with Crippen LogP contribution >= 0.6 is 0 Å². The lowest BCUT2D eigenvalue weighted by Crippen LogP contribution is -2.21. The second-order valence-corrected chi connectivity index (χ2v) is 5.58. The van der Waals surface area contributed by atoms with E-state index in [4.69, 9.17) is 5.11 Å². The largest absolute Gasteiger partial charge is 0.481 e. The summed E-state index contributed by atoms with van der Waals surface area (Å²) in [4.78, 5) is 20.9. The zero-order valence-electron chi connectivity index (χ0n) is 11.1. The molecule has 0 aliphatic heterocycles. The lowest BCUT2D eigenvalue weighted by atomic mass is 9.81. The van der Waals surface area contributed by atoms with E-state index in [1.165, 1.54) is 6.42 Å². The lowest BCUT2D eigenvalue weighted by molar-refractivity contribution is -0.137. The maximum atomic E-state index is 10.5. The number of carboxylic acid groups (broad SMARTS) is 1. The Kier molecular flexibility index (Phi) is 4.88. The predicted octanol–water partition coefficient (Wildman–Crippen LogP) is 3.39. The summed E-state index contributed by atoms with van der Waals surface area (Å²) < 4.78 is 0. The maximum absolute atomic E-state index is 10.5. The maximum Gasteiger partial charge on any atom is 0.303 e. The van der Waals surface area contributed by atoms with E-state index in [2.05, 4.69) is 29.5 Å². The van der Waals surface area contributed by atoms with Gasteiger partial charge in [-0.2, -0.15) is 4.91 Å². The summed E-state index contributed by atoms with van der Waals surface area (Å²) in [6.45, 7) is 0.434. The first-order chi connectivity index (χ1) is 9.22. The Bertz CT molecular complexity index is 389. The standard InChI is InChI=1S/C15H21NO3/c17-15(18)6-4-2-1-3-5-13-11-7-8-12(9-11)14(13)10-16-19/h1,3,7-8,11-14H,2,4-6,9-10H2,(H,17,18). The number of nitrogens with zero attached hydrogens (tertiary/aromatic N) is 1. The third-order valence-corrected chi connectivity index (χ3v) is 4.42. The summed E-state index contributed by atoms with van der Waals surface area (Å²) in [5.41, 5.74) is 0. The van der Waals surface area contributed by atoms with Crippen molar-refractivity contribution in [1.29, 1.82) is 0 Å². The molecule has 0 radical (unpaired) electrons. The highest BCUT2D eigenvalue weighted by atomic mass is 16.4. The van der Waals surface area contributed by atoms with Gasteiger partial charge in [-0.25, -0.2) is 0 Å². The fourth-order valence-corrected chi connectivity index (χ4v) is 3.48. The molecule has 4 unspecified atom stereocenters. The van der Waals surface area contributed by atoms with Crippen LogP contribution in [0.4, 0.5) is 0 Å². The van der Waals surface area contributed by atoms with Crippen LogP contribution in [-0.4, -0.2) is 17.6 Å². The molecule has 0 aromatic heterocycles. The minimum absolute atomic E-state index is 0.235. The van der Waals surface area contributed by atoms with Gasteiger partial charge in [-0.3, -0.25) is 4.79 Å². The first kappa shape index (κ1) is 14.0. The summed E-state index contributed by atoms with van der Waals surface area (Å²) in [5.74, 6) is 1.39. The predicted molar refractivity (Wildman–Crippen MR) is 73.6 cm³/mol. The van der Waals surface area contributed by atoms with Crippen molar-refractivity contribution >= 4 is 5.97 Å². The van der Waals surface area contributed by atoms with Crippen molar-refractivity contribution in [3.05, 3.63) is 29.2 Å². The monoisotopic (exact) mass is 263 g/mol. The normalized spacial score (nSPS) is 32.2. The molecule has 4 heteroatoms. The van der Waals surface area contributed by atoms with Crippen LogP contribution in [0.1, 0.15) is 32.1 Å². The van der Waals surface area contributed by atoms with E-state index < -0.39 is 5.97 Å². The summed E-state index contributed by atoms with van der Waals surface area (Å²) in [5, 5.41) is 11.6. The molecule has 19 heavy (non-hydrogen) atoms. The van der Waals surface area contributed by atoms with Gasteiger partial charge in [0.2, 0.25) is 0 Å². The number of carbonyl (C=O) groups is 1. The highest BCUT2D eigenvalue weighted by Crippen LogP contribution is 2.49. The molecule has 104 valence electrons. The van der Waals surface area contributed by atoms with Gasteiger partial charge in [-0.1, -0.05) is 29.5 Å². The Hall–Kier alpha value is -1.45. The molecule has 0 aromatic carbocycles. The topological polar surface area (TPSA) is 66.7 Å². The summed E-state index contributed by atoms with van der Waals surface area (Å²) in [6, 6.07) is 0. The Morgan fingerprint density at radius 3 is 2.68 bits per heavy atom. The SMILES string of the molecule is O=NCC1C2C=CC(C2)C1CC=CCCCC(=O)O. The average molecular weight is 263 g/mol. The van der Waals surface area contributed by atoms with E-state index in [1.54, 1.807) is 0 Å². The average Bonchev–Trinajstić information content (AvgIpc) is 2.95. The molecule has 2 rings (SSSR count). The molecule has 1 fully saturated rings.